The molecule has 0 saturated heterocycles. The summed E-state index contributed by atoms with van der Waals surface area (Å²) in [6.07, 6.45) is 0. The smallest absolute Gasteiger partial charge is 0.0415 e. The quantitative estimate of drug-likeness (QED) is 0.811. The lowest BCUT2D eigenvalue weighted by atomic mass is 10.1. The Balaban J connectivity index is 2.27. The number of nitrogen functional groups attached to an aromatic ring is 1. The molecule has 0 aliphatic carbocycles. The molecular formula is C13H13BrN2. The predicted octanol–water partition coefficient (Wildman–Crippen LogP) is 4.08. The number of halogens is 1. The summed E-state index contributed by atoms with van der Waals surface area (Å²) in [6.45, 7) is 2.04. The molecule has 0 fully saturated rings. The Kier molecular flexibility index (Phi) is 3.15. The van der Waals surface area contributed by atoms with Gasteiger partial charge in [-0.3, -0.25) is 0 Å². The van der Waals surface area contributed by atoms with Gasteiger partial charge < -0.3 is 11.1 Å². The topological polar surface area (TPSA) is 38.0 Å². The third-order valence-corrected chi connectivity index (χ3v) is 2.85. The fourth-order valence-corrected chi connectivity index (χ4v) is 1.95. The van der Waals surface area contributed by atoms with E-state index in [9.17, 15) is 0 Å². The zero-order valence-corrected chi connectivity index (χ0v) is 10.6. The monoisotopic (exact) mass is 276 g/mol. The van der Waals surface area contributed by atoms with Crippen LogP contribution in [0, 0.1) is 6.92 Å². The molecule has 0 spiro atoms. The van der Waals surface area contributed by atoms with Crippen molar-refractivity contribution in [3.8, 4) is 0 Å². The molecule has 2 nitrogen and oxygen atoms in total. The average Bonchev–Trinajstić information content (AvgIpc) is 2.22. The van der Waals surface area contributed by atoms with Gasteiger partial charge in [0.2, 0.25) is 0 Å². The summed E-state index contributed by atoms with van der Waals surface area (Å²) < 4.78 is 1.06. The largest absolute Gasteiger partial charge is 0.399 e. The van der Waals surface area contributed by atoms with Crippen molar-refractivity contribution in [3.63, 3.8) is 0 Å². The van der Waals surface area contributed by atoms with Crippen molar-refractivity contribution in [2.24, 2.45) is 0 Å². The average molecular weight is 277 g/mol. The summed E-state index contributed by atoms with van der Waals surface area (Å²) in [5.41, 5.74) is 9.77. The van der Waals surface area contributed by atoms with E-state index in [1.54, 1.807) is 0 Å². The van der Waals surface area contributed by atoms with Crippen LogP contribution in [0.25, 0.3) is 0 Å². The van der Waals surface area contributed by atoms with E-state index in [0.29, 0.717) is 0 Å². The van der Waals surface area contributed by atoms with Crippen molar-refractivity contribution < 1.29 is 0 Å². The molecule has 0 radical (unpaired) electrons. The van der Waals surface area contributed by atoms with Gasteiger partial charge in [-0.25, -0.2) is 0 Å². The fourth-order valence-electron chi connectivity index (χ4n) is 1.55. The third-order valence-electron chi connectivity index (χ3n) is 2.35. The van der Waals surface area contributed by atoms with Gasteiger partial charge in [-0.05, 0) is 48.9 Å². The summed E-state index contributed by atoms with van der Waals surface area (Å²) >= 11 is 3.45. The Morgan fingerprint density at radius 3 is 2.62 bits per heavy atom. The minimum atomic E-state index is 0.789. The molecule has 2 aromatic rings. The maximum absolute atomic E-state index is 5.71. The van der Waals surface area contributed by atoms with Crippen molar-refractivity contribution in [1.82, 2.24) is 0 Å². The maximum atomic E-state index is 5.71. The van der Waals surface area contributed by atoms with Crippen molar-refractivity contribution in [1.29, 1.82) is 0 Å². The summed E-state index contributed by atoms with van der Waals surface area (Å²) in [6, 6.07) is 13.9. The molecule has 0 heterocycles. The Bertz CT molecular complexity index is 509. The molecule has 0 atom stereocenters. The number of aryl methyl sites for hydroxylation is 1. The van der Waals surface area contributed by atoms with Gasteiger partial charge in [0.05, 0.1) is 0 Å². The first kappa shape index (κ1) is 11.0. The fraction of sp³-hybridized carbons (Fsp3) is 0.0769. The summed E-state index contributed by atoms with van der Waals surface area (Å²) in [4.78, 5) is 0. The molecule has 0 aromatic heterocycles. The van der Waals surface area contributed by atoms with E-state index < -0.39 is 0 Å². The number of anilines is 3. The first-order valence-electron chi connectivity index (χ1n) is 5.04. The lowest BCUT2D eigenvalue weighted by Crippen LogP contribution is -1.94. The number of hydrogen-bond acceptors (Lipinski definition) is 2. The van der Waals surface area contributed by atoms with Crippen LogP contribution in [0.4, 0.5) is 17.1 Å². The molecule has 0 saturated carbocycles. The molecule has 3 heteroatoms. The number of rotatable bonds is 2. The molecule has 82 valence electrons. The number of nitrogens with two attached hydrogens (primary N) is 1. The van der Waals surface area contributed by atoms with E-state index >= 15 is 0 Å². The first-order valence-corrected chi connectivity index (χ1v) is 5.83. The van der Waals surface area contributed by atoms with E-state index in [1.165, 1.54) is 0 Å². The molecule has 2 rings (SSSR count). The van der Waals surface area contributed by atoms with Crippen LogP contribution in [0.15, 0.2) is 46.9 Å². The molecule has 16 heavy (non-hydrogen) atoms. The zero-order chi connectivity index (χ0) is 11.5. The predicted molar refractivity (Wildman–Crippen MR) is 73.0 cm³/mol. The van der Waals surface area contributed by atoms with Gasteiger partial charge in [-0.1, -0.05) is 22.0 Å². The van der Waals surface area contributed by atoms with Crippen molar-refractivity contribution in [3.05, 3.63) is 52.5 Å². The van der Waals surface area contributed by atoms with Crippen molar-refractivity contribution in [2.75, 3.05) is 11.1 Å². The van der Waals surface area contributed by atoms with E-state index in [1.807, 2.05) is 49.4 Å². The lowest BCUT2D eigenvalue weighted by Gasteiger charge is -2.10. The third kappa shape index (κ3) is 2.55. The Hall–Kier alpha value is -1.48. The Morgan fingerprint density at radius 2 is 1.94 bits per heavy atom. The highest BCUT2D eigenvalue weighted by Gasteiger charge is 1.99. The SMILES string of the molecule is Cc1cc(N)ccc1Nc1cccc(Br)c1. The molecule has 3 N–H and O–H groups in total. The van der Waals surface area contributed by atoms with E-state index in [-0.39, 0.29) is 0 Å². The van der Waals surface area contributed by atoms with Crippen LogP contribution < -0.4 is 11.1 Å². The van der Waals surface area contributed by atoms with Crippen molar-refractivity contribution in [2.45, 2.75) is 6.92 Å². The highest BCUT2D eigenvalue weighted by atomic mass is 79.9. The molecule has 0 bridgehead atoms. The molecule has 0 aliphatic rings. The van der Waals surface area contributed by atoms with Crippen LogP contribution >= 0.6 is 15.9 Å². The van der Waals surface area contributed by atoms with Gasteiger partial charge in [-0.15, -0.1) is 0 Å². The number of nitrogens with one attached hydrogen (secondary N) is 1. The number of benzene rings is 2. The van der Waals surface area contributed by atoms with Gasteiger partial charge in [0.1, 0.15) is 0 Å². The van der Waals surface area contributed by atoms with Crippen LogP contribution in [0.2, 0.25) is 0 Å². The summed E-state index contributed by atoms with van der Waals surface area (Å²) in [5.74, 6) is 0. The maximum Gasteiger partial charge on any atom is 0.0415 e. The molecule has 0 unspecified atom stereocenters. The molecule has 2 aromatic carbocycles. The van der Waals surface area contributed by atoms with Crippen LogP contribution in [-0.2, 0) is 0 Å². The van der Waals surface area contributed by atoms with Gasteiger partial charge in [0.25, 0.3) is 0 Å². The minimum Gasteiger partial charge on any atom is -0.399 e. The lowest BCUT2D eigenvalue weighted by molar-refractivity contribution is 1.43. The van der Waals surface area contributed by atoms with Gasteiger partial charge in [-0.2, -0.15) is 0 Å². The van der Waals surface area contributed by atoms with E-state index in [2.05, 4.69) is 21.2 Å². The van der Waals surface area contributed by atoms with Crippen LogP contribution in [-0.4, -0.2) is 0 Å². The van der Waals surface area contributed by atoms with Crippen LogP contribution in [0.1, 0.15) is 5.56 Å². The highest BCUT2D eigenvalue weighted by molar-refractivity contribution is 9.10. The Labute approximate surface area is 104 Å². The van der Waals surface area contributed by atoms with Gasteiger partial charge in [0.15, 0.2) is 0 Å². The highest BCUT2D eigenvalue weighted by Crippen LogP contribution is 2.24. The van der Waals surface area contributed by atoms with Gasteiger partial charge >= 0.3 is 0 Å². The molecule has 0 amide bonds. The van der Waals surface area contributed by atoms with E-state index in [0.717, 1.165) is 27.1 Å². The second kappa shape index (κ2) is 4.58. The van der Waals surface area contributed by atoms with Crippen LogP contribution in [0.5, 0.6) is 0 Å². The minimum absolute atomic E-state index is 0.789. The second-order valence-corrected chi connectivity index (χ2v) is 4.63. The second-order valence-electron chi connectivity index (χ2n) is 3.71. The van der Waals surface area contributed by atoms with Gasteiger partial charge in [0, 0.05) is 21.5 Å². The summed E-state index contributed by atoms with van der Waals surface area (Å²) in [5, 5.41) is 3.35. The summed E-state index contributed by atoms with van der Waals surface area (Å²) in [7, 11) is 0. The normalized spacial score (nSPS) is 10.1. The zero-order valence-electron chi connectivity index (χ0n) is 9.00. The first-order chi connectivity index (χ1) is 7.65. The van der Waals surface area contributed by atoms with Crippen molar-refractivity contribution >= 4 is 33.0 Å². The Morgan fingerprint density at radius 1 is 1.12 bits per heavy atom. The standard InChI is InChI=1S/C13H13BrN2/c1-9-7-11(15)5-6-13(9)16-12-4-2-3-10(14)8-12/h2-8,16H,15H2,1H3. The molecular weight excluding hydrogens is 264 g/mol. The van der Waals surface area contributed by atoms with Crippen LogP contribution in [0.3, 0.4) is 0 Å². The number of hydrogen-bond donors (Lipinski definition) is 2. The molecule has 0 aliphatic heterocycles. The van der Waals surface area contributed by atoms with E-state index in [4.69, 9.17) is 5.73 Å².